The maximum Gasteiger partial charge on any atom is 0.272 e. The molecule has 0 aliphatic heterocycles. The van der Waals surface area contributed by atoms with E-state index in [0.29, 0.717) is 0 Å². The fraction of sp³-hybridized carbons (Fsp3) is 0.333. The third-order valence-electron chi connectivity index (χ3n) is 1.82. The van der Waals surface area contributed by atoms with E-state index in [1.165, 1.54) is 6.07 Å². The minimum absolute atomic E-state index is 0.203. The van der Waals surface area contributed by atoms with Crippen molar-refractivity contribution >= 4 is 37.5 Å². The Morgan fingerprint density at radius 3 is 2.71 bits per heavy atom. The van der Waals surface area contributed by atoms with E-state index in [0.717, 1.165) is 28.2 Å². The van der Waals surface area contributed by atoms with Crippen molar-refractivity contribution in [3.05, 3.63) is 38.3 Å². The fourth-order valence-electron chi connectivity index (χ4n) is 1.19. The van der Waals surface area contributed by atoms with E-state index >= 15 is 0 Å². The second kappa shape index (κ2) is 5.46. The molecular formula is C9H9Br2NO2. The van der Waals surface area contributed by atoms with Gasteiger partial charge in [-0.1, -0.05) is 31.9 Å². The van der Waals surface area contributed by atoms with Crippen LogP contribution in [-0.2, 0) is 6.42 Å². The number of rotatable bonds is 4. The third-order valence-corrected chi connectivity index (χ3v) is 2.87. The SMILES string of the molecule is O=[N+]([O-])c1ccc(Br)cc1CCCBr. The highest BCUT2D eigenvalue weighted by Gasteiger charge is 2.12. The lowest BCUT2D eigenvalue weighted by atomic mass is 10.1. The zero-order valence-corrected chi connectivity index (χ0v) is 10.5. The maximum atomic E-state index is 10.7. The van der Waals surface area contributed by atoms with Gasteiger partial charge in [-0.2, -0.15) is 0 Å². The first kappa shape index (κ1) is 11.7. The van der Waals surface area contributed by atoms with Gasteiger partial charge in [-0.15, -0.1) is 0 Å². The number of aryl methyl sites for hydroxylation is 1. The Balaban J connectivity index is 2.97. The lowest BCUT2D eigenvalue weighted by molar-refractivity contribution is -0.385. The van der Waals surface area contributed by atoms with Crippen molar-refractivity contribution in [2.45, 2.75) is 12.8 Å². The van der Waals surface area contributed by atoms with Crippen LogP contribution >= 0.6 is 31.9 Å². The molecule has 5 heteroatoms. The van der Waals surface area contributed by atoms with Crippen molar-refractivity contribution in [1.82, 2.24) is 0 Å². The highest BCUT2D eigenvalue weighted by atomic mass is 79.9. The predicted octanol–water partition coefficient (Wildman–Crippen LogP) is 3.68. The highest BCUT2D eigenvalue weighted by Crippen LogP contribution is 2.24. The second-order valence-corrected chi connectivity index (χ2v) is 4.53. The molecule has 0 aliphatic carbocycles. The minimum Gasteiger partial charge on any atom is -0.258 e. The van der Waals surface area contributed by atoms with Gasteiger partial charge in [0, 0.05) is 21.4 Å². The van der Waals surface area contributed by atoms with Gasteiger partial charge >= 0.3 is 0 Å². The molecule has 0 amide bonds. The Labute approximate surface area is 98.9 Å². The van der Waals surface area contributed by atoms with Gasteiger partial charge < -0.3 is 0 Å². The molecule has 0 aliphatic rings. The van der Waals surface area contributed by atoms with Gasteiger partial charge in [0.2, 0.25) is 0 Å². The summed E-state index contributed by atoms with van der Waals surface area (Å²) < 4.78 is 0.882. The first-order chi connectivity index (χ1) is 6.65. The average molecular weight is 323 g/mol. The van der Waals surface area contributed by atoms with Gasteiger partial charge in [0.25, 0.3) is 5.69 Å². The molecule has 3 nitrogen and oxygen atoms in total. The average Bonchev–Trinajstić information content (AvgIpc) is 2.14. The number of hydrogen-bond acceptors (Lipinski definition) is 2. The predicted molar refractivity (Wildman–Crippen MR) is 62.9 cm³/mol. The van der Waals surface area contributed by atoms with Crippen LogP contribution in [0.4, 0.5) is 5.69 Å². The van der Waals surface area contributed by atoms with Crippen LogP contribution < -0.4 is 0 Å². The first-order valence-electron chi connectivity index (χ1n) is 4.14. The number of nitrogens with zero attached hydrogens (tertiary/aromatic N) is 1. The summed E-state index contributed by atoms with van der Waals surface area (Å²) in [5, 5.41) is 11.5. The molecule has 14 heavy (non-hydrogen) atoms. The quantitative estimate of drug-likeness (QED) is 0.482. The van der Waals surface area contributed by atoms with Crippen LogP contribution in [0.1, 0.15) is 12.0 Å². The van der Waals surface area contributed by atoms with E-state index in [1.54, 1.807) is 12.1 Å². The summed E-state index contributed by atoms with van der Waals surface area (Å²) in [7, 11) is 0. The topological polar surface area (TPSA) is 43.1 Å². The molecule has 0 heterocycles. The van der Waals surface area contributed by atoms with Gasteiger partial charge in [0.15, 0.2) is 0 Å². The molecule has 76 valence electrons. The lowest BCUT2D eigenvalue weighted by Gasteiger charge is -2.01. The molecule has 0 spiro atoms. The number of alkyl halides is 1. The van der Waals surface area contributed by atoms with Crippen LogP contribution in [0, 0.1) is 10.1 Å². The van der Waals surface area contributed by atoms with E-state index in [2.05, 4.69) is 31.9 Å². The van der Waals surface area contributed by atoms with Gasteiger partial charge in [0.05, 0.1) is 4.92 Å². The number of nitro benzene ring substituents is 1. The van der Waals surface area contributed by atoms with Crippen molar-refractivity contribution < 1.29 is 4.92 Å². The molecule has 0 N–H and O–H groups in total. The van der Waals surface area contributed by atoms with Crippen LogP contribution in [-0.4, -0.2) is 10.3 Å². The number of halogens is 2. The molecule has 0 radical (unpaired) electrons. The van der Waals surface area contributed by atoms with Crippen LogP contribution in [0.15, 0.2) is 22.7 Å². The van der Waals surface area contributed by atoms with Crippen LogP contribution in [0.2, 0.25) is 0 Å². The second-order valence-electron chi connectivity index (χ2n) is 2.82. The highest BCUT2D eigenvalue weighted by molar-refractivity contribution is 9.10. The smallest absolute Gasteiger partial charge is 0.258 e. The van der Waals surface area contributed by atoms with Crippen molar-refractivity contribution in [2.24, 2.45) is 0 Å². The van der Waals surface area contributed by atoms with Crippen molar-refractivity contribution in [1.29, 1.82) is 0 Å². The summed E-state index contributed by atoms with van der Waals surface area (Å²) in [6.07, 6.45) is 1.62. The van der Waals surface area contributed by atoms with Crippen LogP contribution in [0.25, 0.3) is 0 Å². The minimum atomic E-state index is -0.337. The summed E-state index contributed by atoms with van der Waals surface area (Å²) >= 11 is 6.61. The summed E-state index contributed by atoms with van der Waals surface area (Å²) in [4.78, 5) is 10.3. The molecule has 0 unspecified atom stereocenters. The van der Waals surface area contributed by atoms with E-state index in [-0.39, 0.29) is 10.6 Å². The molecule has 1 rings (SSSR count). The van der Waals surface area contributed by atoms with Crippen molar-refractivity contribution in [3.8, 4) is 0 Å². The molecule has 0 aromatic heterocycles. The Morgan fingerprint density at radius 1 is 1.43 bits per heavy atom. The molecule has 0 saturated carbocycles. The lowest BCUT2D eigenvalue weighted by Crippen LogP contribution is -1.96. The molecule has 0 saturated heterocycles. The molecule has 0 bridgehead atoms. The first-order valence-corrected chi connectivity index (χ1v) is 6.05. The van der Waals surface area contributed by atoms with E-state index < -0.39 is 0 Å². The summed E-state index contributed by atoms with van der Waals surface area (Å²) in [5.41, 5.74) is 0.984. The van der Waals surface area contributed by atoms with Gasteiger partial charge in [-0.3, -0.25) is 10.1 Å². The van der Waals surface area contributed by atoms with Gasteiger partial charge in [0.1, 0.15) is 0 Å². The number of hydrogen-bond donors (Lipinski definition) is 0. The van der Waals surface area contributed by atoms with Gasteiger partial charge in [-0.25, -0.2) is 0 Å². The monoisotopic (exact) mass is 321 g/mol. The number of benzene rings is 1. The molecule has 0 fully saturated rings. The van der Waals surface area contributed by atoms with Crippen molar-refractivity contribution in [2.75, 3.05) is 5.33 Å². The maximum absolute atomic E-state index is 10.7. The molecule has 1 aromatic carbocycles. The van der Waals surface area contributed by atoms with Gasteiger partial charge in [-0.05, 0) is 25.0 Å². The van der Waals surface area contributed by atoms with Crippen molar-refractivity contribution in [3.63, 3.8) is 0 Å². The molecular weight excluding hydrogens is 314 g/mol. The standard InChI is InChI=1S/C9H9Br2NO2/c10-5-1-2-7-6-8(11)3-4-9(7)12(13)14/h3-4,6H,1-2,5H2. The zero-order chi connectivity index (χ0) is 10.6. The Hall–Kier alpha value is -0.420. The summed E-state index contributed by atoms with van der Waals surface area (Å²) in [5.74, 6) is 0. The third kappa shape index (κ3) is 3.06. The normalized spacial score (nSPS) is 10.1. The Morgan fingerprint density at radius 2 is 2.14 bits per heavy atom. The van der Waals surface area contributed by atoms with E-state index in [1.807, 2.05) is 0 Å². The number of nitro groups is 1. The summed E-state index contributed by atoms with van der Waals surface area (Å²) in [6.45, 7) is 0. The summed E-state index contributed by atoms with van der Waals surface area (Å²) in [6, 6.07) is 5.03. The van der Waals surface area contributed by atoms with Crippen LogP contribution in [0.3, 0.4) is 0 Å². The van der Waals surface area contributed by atoms with E-state index in [4.69, 9.17) is 0 Å². The largest absolute Gasteiger partial charge is 0.272 e. The molecule has 0 atom stereocenters. The Bertz CT molecular complexity index is 342. The molecule has 1 aromatic rings. The Kier molecular flexibility index (Phi) is 4.54. The van der Waals surface area contributed by atoms with Crippen LogP contribution in [0.5, 0.6) is 0 Å². The van der Waals surface area contributed by atoms with E-state index in [9.17, 15) is 10.1 Å². The zero-order valence-electron chi connectivity index (χ0n) is 7.37. The fourth-order valence-corrected chi connectivity index (χ4v) is 1.88.